The Morgan fingerprint density at radius 3 is 2.68 bits per heavy atom. The van der Waals surface area contributed by atoms with Crippen LogP contribution in [0.25, 0.3) is 0 Å². The minimum absolute atomic E-state index is 0.119. The minimum atomic E-state index is 0.119. The molecule has 1 N–H and O–H groups in total. The van der Waals surface area contributed by atoms with Crippen molar-refractivity contribution < 1.29 is 4.79 Å². The zero-order chi connectivity index (χ0) is 19.3. The van der Waals surface area contributed by atoms with Crippen LogP contribution in [0.4, 0.5) is 4.79 Å². The van der Waals surface area contributed by atoms with Crippen LogP contribution in [0, 0.1) is 12.8 Å². The lowest BCUT2D eigenvalue weighted by Gasteiger charge is -2.35. The third-order valence-corrected chi connectivity index (χ3v) is 6.85. The second kappa shape index (κ2) is 9.23. The molecule has 1 atom stereocenters. The van der Waals surface area contributed by atoms with E-state index in [4.69, 9.17) is 0 Å². The Kier molecular flexibility index (Phi) is 6.47. The maximum atomic E-state index is 12.6. The zero-order valence-electron chi connectivity index (χ0n) is 17.3. The highest BCUT2D eigenvalue weighted by Crippen LogP contribution is 2.28. The summed E-state index contributed by atoms with van der Waals surface area (Å²) in [6.45, 7) is 9.65. The SMILES string of the molecule is Cc1cccnc1CN1CCN(C(=O)NC[C@@H]2CCN(C3CCCC3)C2)CC1. The minimum Gasteiger partial charge on any atom is -0.338 e. The number of likely N-dealkylation sites (tertiary alicyclic amines) is 1. The fraction of sp³-hybridized carbons (Fsp3) is 0.727. The normalized spacial score (nSPS) is 24.8. The van der Waals surface area contributed by atoms with Gasteiger partial charge in [-0.1, -0.05) is 18.9 Å². The highest BCUT2D eigenvalue weighted by molar-refractivity contribution is 5.74. The van der Waals surface area contributed by atoms with E-state index in [0.29, 0.717) is 5.92 Å². The summed E-state index contributed by atoms with van der Waals surface area (Å²) in [5, 5.41) is 3.21. The highest BCUT2D eigenvalue weighted by Gasteiger charge is 2.30. The van der Waals surface area contributed by atoms with Crippen molar-refractivity contribution in [3.05, 3.63) is 29.6 Å². The topological polar surface area (TPSA) is 51.7 Å². The van der Waals surface area contributed by atoms with Crippen LogP contribution in [0.15, 0.2) is 18.3 Å². The second-order valence-corrected chi connectivity index (χ2v) is 8.80. The van der Waals surface area contributed by atoms with E-state index in [0.717, 1.165) is 51.0 Å². The monoisotopic (exact) mass is 385 g/mol. The Labute approximate surface area is 169 Å². The van der Waals surface area contributed by atoms with Crippen molar-refractivity contribution in [2.24, 2.45) is 5.92 Å². The molecular formula is C22H35N5O. The van der Waals surface area contributed by atoms with E-state index in [1.165, 1.54) is 50.8 Å². The number of piperazine rings is 1. The molecule has 0 bridgehead atoms. The molecule has 2 aliphatic heterocycles. The predicted octanol–water partition coefficient (Wildman–Crippen LogP) is 2.48. The number of urea groups is 1. The number of hydrogen-bond donors (Lipinski definition) is 1. The Morgan fingerprint density at radius 2 is 1.93 bits per heavy atom. The van der Waals surface area contributed by atoms with Crippen molar-refractivity contribution in [1.29, 1.82) is 0 Å². The lowest BCUT2D eigenvalue weighted by Crippen LogP contribution is -2.52. The van der Waals surface area contributed by atoms with Crippen molar-refractivity contribution in [2.75, 3.05) is 45.8 Å². The molecule has 1 aromatic rings. The van der Waals surface area contributed by atoms with Crippen LogP contribution in [-0.2, 0) is 6.54 Å². The second-order valence-electron chi connectivity index (χ2n) is 8.80. The number of amides is 2. The van der Waals surface area contributed by atoms with Crippen molar-refractivity contribution in [3.8, 4) is 0 Å². The highest BCUT2D eigenvalue weighted by atomic mass is 16.2. The van der Waals surface area contributed by atoms with Gasteiger partial charge < -0.3 is 15.1 Å². The first-order chi connectivity index (χ1) is 13.7. The van der Waals surface area contributed by atoms with Gasteiger partial charge in [-0.25, -0.2) is 4.79 Å². The number of carbonyl (C=O) groups is 1. The Hall–Kier alpha value is -1.66. The van der Waals surface area contributed by atoms with E-state index < -0.39 is 0 Å². The molecule has 0 spiro atoms. The summed E-state index contributed by atoms with van der Waals surface area (Å²) < 4.78 is 0. The third kappa shape index (κ3) is 4.84. The Morgan fingerprint density at radius 1 is 1.14 bits per heavy atom. The first-order valence-electron chi connectivity index (χ1n) is 11.1. The van der Waals surface area contributed by atoms with Gasteiger partial charge in [-0.15, -0.1) is 0 Å². The molecule has 0 radical (unpaired) electrons. The predicted molar refractivity (Wildman–Crippen MR) is 111 cm³/mol. The van der Waals surface area contributed by atoms with E-state index >= 15 is 0 Å². The quantitative estimate of drug-likeness (QED) is 0.846. The van der Waals surface area contributed by atoms with Crippen molar-refractivity contribution in [3.63, 3.8) is 0 Å². The van der Waals surface area contributed by atoms with Gasteiger partial charge in [0.05, 0.1) is 5.69 Å². The van der Waals surface area contributed by atoms with Crippen LogP contribution in [0.3, 0.4) is 0 Å². The van der Waals surface area contributed by atoms with Crippen molar-refractivity contribution >= 4 is 6.03 Å². The average molecular weight is 386 g/mol. The zero-order valence-corrected chi connectivity index (χ0v) is 17.3. The number of pyridine rings is 1. The molecule has 28 heavy (non-hydrogen) atoms. The van der Waals surface area contributed by atoms with Gasteiger partial charge >= 0.3 is 6.03 Å². The lowest BCUT2D eigenvalue weighted by atomic mass is 10.1. The number of aromatic nitrogens is 1. The molecule has 3 aliphatic rings. The number of carbonyl (C=O) groups excluding carboxylic acids is 1. The smallest absolute Gasteiger partial charge is 0.317 e. The summed E-state index contributed by atoms with van der Waals surface area (Å²) in [6, 6.07) is 5.03. The molecule has 3 fully saturated rings. The summed E-state index contributed by atoms with van der Waals surface area (Å²) in [6.07, 6.45) is 8.64. The Bertz CT molecular complexity index is 652. The number of nitrogens with zero attached hydrogens (tertiary/aromatic N) is 4. The van der Waals surface area contributed by atoms with E-state index in [1.807, 2.05) is 17.2 Å². The van der Waals surface area contributed by atoms with Gasteiger partial charge in [-0.2, -0.15) is 0 Å². The maximum Gasteiger partial charge on any atom is 0.317 e. The molecule has 2 amide bonds. The first kappa shape index (κ1) is 19.6. The van der Waals surface area contributed by atoms with Crippen LogP contribution < -0.4 is 5.32 Å². The van der Waals surface area contributed by atoms with E-state index in [9.17, 15) is 4.79 Å². The van der Waals surface area contributed by atoms with Gasteiger partial charge in [0.25, 0.3) is 0 Å². The lowest BCUT2D eigenvalue weighted by molar-refractivity contribution is 0.133. The Balaban J connectivity index is 1.16. The molecule has 1 aliphatic carbocycles. The van der Waals surface area contributed by atoms with Gasteiger partial charge in [0.1, 0.15) is 0 Å². The number of aryl methyl sites for hydroxylation is 1. The standard InChI is InChI=1S/C22H35N5O/c1-18-5-4-9-23-21(18)17-25-11-13-26(14-12-25)22(28)24-15-19-8-10-27(16-19)20-6-2-3-7-20/h4-5,9,19-20H,2-3,6-8,10-17H2,1H3,(H,24,28)/t19-/m0/s1. The summed E-state index contributed by atoms with van der Waals surface area (Å²) >= 11 is 0. The van der Waals surface area contributed by atoms with Crippen LogP contribution >= 0.6 is 0 Å². The van der Waals surface area contributed by atoms with Crippen LogP contribution in [0.2, 0.25) is 0 Å². The molecule has 1 aromatic heterocycles. The molecule has 3 heterocycles. The number of nitrogens with one attached hydrogen (secondary N) is 1. The van der Waals surface area contributed by atoms with Crippen molar-refractivity contribution in [1.82, 2.24) is 25.0 Å². The van der Waals surface area contributed by atoms with Gasteiger partial charge in [0, 0.05) is 58.1 Å². The average Bonchev–Trinajstić information content (AvgIpc) is 3.40. The molecule has 2 saturated heterocycles. The van der Waals surface area contributed by atoms with Gasteiger partial charge in [-0.3, -0.25) is 9.88 Å². The van der Waals surface area contributed by atoms with E-state index in [1.54, 1.807) is 0 Å². The molecule has 0 aromatic carbocycles. The molecule has 154 valence electrons. The molecule has 1 saturated carbocycles. The van der Waals surface area contributed by atoms with Crippen LogP contribution in [-0.4, -0.2) is 77.6 Å². The summed E-state index contributed by atoms with van der Waals surface area (Å²) in [4.78, 5) is 24.1. The number of hydrogen-bond acceptors (Lipinski definition) is 4. The number of rotatable bonds is 5. The van der Waals surface area contributed by atoms with Crippen molar-refractivity contribution in [2.45, 2.75) is 51.6 Å². The van der Waals surface area contributed by atoms with Gasteiger partial charge in [0.15, 0.2) is 0 Å². The van der Waals surface area contributed by atoms with Crippen LogP contribution in [0.5, 0.6) is 0 Å². The van der Waals surface area contributed by atoms with E-state index in [2.05, 4.69) is 33.1 Å². The molecular weight excluding hydrogens is 350 g/mol. The van der Waals surface area contributed by atoms with E-state index in [-0.39, 0.29) is 6.03 Å². The van der Waals surface area contributed by atoms with Gasteiger partial charge in [-0.05, 0) is 50.3 Å². The summed E-state index contributed by atoms with van der Waals surface area (Å²) in [5.41, 5.74) is 2.39. The molecule has 6 nitrogen and oxygen atoms in total. The fourth-order valence-electron chi connectivity index (χ4n) is 4.98. The third-order valence-electron chi connectivity index (χ3n) is 6.85. The van der Waals surface area contributed by atoms with Gasteiger partial charge in [0.2, 0.25) is 0 Å². The van der Waals surface area contributed by atoms with Crippen LogP contribution in [0.1, 0.15) is 43.4 Å². The largest absolute Gasteiger partial charge is 0.338 e. The summed E-state index contributed by atoms with van der Waals surface area (Å²) in [7, 11) is 0. The molecule has 4 rings (SSSR count). The fourth-order valence-corrected chi connectivity index (χ4v) is 4.98. The molecule has 6 heteroatoms. The maximum absolute atomic E-state index is 12.6. The molecule has 0 unspecified atom stereocenters. The summed E-state index contributed by atoms with van der Waals surface area (Å²) in [5.74, 6) is 0.623. The first-order valence-corrected chi connectivity index (χ1v) is 11.1.